The van der Waals surface area contributed by atoms with E-state index in [0.717, 1.165) is 18.2 Å². The topological polar surface area (TPSA) is 122 Å². The number of aliphatic carboxylic acids is 1. The van der Waals surface area contributed by atoms with Gasteiger partial charge in [0.1, 0.15) is 17.3 Å². The van der Waals surface area contributed by atoms with E-state index >= 15 is 0 Å². The van der Waals surface area contributed by atoms with Crippen LogP contribution in [-0.2, 0) is 9.59 Å². The van der Waals surface area contributed by atoms with Crippen LogP contribution in [0.15, 0.2) is 18.2 Å². The van der Waals surface area contributed by atoms with Gasteiger partial charge >= 0.3 is 12.0 Å². The number of Topliss-reactive ketones (excluding diaryl/α,β-unsaturated/α-hetero) is 1. The summed E-state index contributed by atoms with van der Waals surface area (Å²) in [7, 11) is 1.33. The molecule has 8 nitrogen and oxygen atoms in total. The van der Waals surface area contributed by atoms with Crippen molar-refractivity contribution in [2.75, 3.05) is 18.7 Å². The molecule has 0 bridgehead atoms. The molecule has 0 aliphatic carbocycles. The Kier molecular flexibility index (Phi) is 4.98. The molecule has 0 aliphatic heterocycles. The number of nitrogens with two attached hydrogens (primary N) is 1. The predicted molar refractivity (Wildman–Crippen MR) is 65.7 cm³/mol. The lowest BCUT2D eigenvalue weighted by Crippen LogP contribution is -2.43. The zero-order chi connectivity index (χ0) is 15.3. The van der Waals surface area contributed by atoms with E-state index in [0.29, 0.717) is 5.01 Å². The molecule has 0 saturated carbocycles. The first-order chi connectivity index (χ1) is 9.36. The maximum atomic E-state index is 13.1. The predicted octanol–water partition coefficient (Wildman–Crippen LogP) is -0.122. The number of carboxylic acids is 1. The van der Waals surface area contributed by atoms with Crippen LogP contribution in [0.2, 0.25) is 0 Å². The van der Waals surface area contributed by atoms with Gasteiger partial charge in [-0.15, -0.1) is 0 Å². The number of anilines is 1. The Bertz CT molecular complexity index is 549. The number of carbonyl (C=O) groups is 3. The van der Waals surface area contributed by atoms with Gasteiger partial charge < -0.3 is 15.2 Å². The third-order valence-corrected chi connectivity index (χ3v) is 2.21. The maximum Gasteiger partial charge on any atom is 0.375 e. The molecule has 1 aromatic carbocycles. The van der Waals surface area contributed by atoms with Gasteiger partial charge in [0.25, 0.3) is 5.78 Å². The van der Waals surface area contributed by atoms with Gasteiger partial charge in [0, 0.05) is 13.1 Å². The van der Waals surface area contributed by atoms with E-state index in [2.05, 4.69) is 5.32 Å². The number of hydrogen-bond donors (Lipinski definition) is 3. The summed E-state index contributed by atoms with van der Waals surface area (Å²) in [5.74, 6) is 1.66. The molecule has 1 aromatic rings. The summed E-state index contributed by atoms with van der Waals surface area (Å²) in [6.45, 7) is -0.812. The number of ether oxygens (including phenoxy) is 1. The van der Waals surface area contributed by atoms with Crippen LogP contribution in [0.5, 0.6) is 5.75 Å². The Morgan fingerprint density at radius 2 is 2.10 bits per heavy atom. The average molecular weight is 285 g/mol. The molecule has 20 heavy (non-hydrogen) atoms. The smallest absolute Gasteiger partial charge is 0.375 e. The fraction of sp³-hybridized carbons (Fsp3) is 0.182. The zero-order valence-electron chi connectivity index (χ0n) is 10.4. The molecule has 0 fully saturated rings. The van der Waals surface area contributed by atoms with Crippen molar-refractivity contribution in [1.29, 1.82) is 0 Å². The van der Waals surface area contributed by atoms with E-state index in [1.807, 2.05) is 0 Å². The van der Waals surface area contributed by atoms with Gasteiger partial charge in [0.15, 0.2) is 6.61 Å². The summed E-state index contributed by atoms with van der Waals surface area (Å²) >= 11 is 0. The van der Waals surface area contributed by atoms with Gasteiger partial charge in [-0.2, -0.15) is 0 Å². The first kappa shape index (κ1) is 15.4. The van der Waals surface area contributed by atoms with Crippen LogP contribution in [0.1, 0.15) is 0 Å². The molecule has 1 rings (SSSR count). The molecule has 108 valence electrons. The normalized spacial score (nSPS) is 9.75. The number of benzene rings is 1. The van der Waals surface area contributed by atoms with E-state index in [4.69, 9.17) is 15.7 Å². The second-order valence-electron chi connectivity index (χ2n) is 3.55. The highest BCUT2D eigenvalue weighted by Gasteiger charge is 2.18. The summed E-state index contributed by atoms with van der Waals surface area (Å²) in [5.41, 5.74) is -0.0241. The quantitative estimate of drug-likeness (QED) is 0.300. The second-order valence-corrected chi connectivity index (χ2v) is 3.55. The van der Waals surface area contributed by atoms with Crippen LogP contribution in [0, 0.1) is 5.82 Å². The van der Waals surface area contributed by atoms with Gasteiger partial charge in [0.05, 0.1) is 0 Å². The molecule has 0 heterocycles. The third-order valence-electron chi connectivity index (χ3n) is 2.21. The molecule has 0 aliphatic rings. The number of ketones is 1. The molecule has 4 N–H and O–H groups in total. The minimum atomic E-state index is -1.68. The molecular weight excluding hydrogens is 273 g/mol. The first-order valence-electron chi connectivity index (χ1n) is 5.31. The summed E-state index contributed by atoms with van der Waals surface area (Å²) in [6, 6.07) is 2.37. The zero-order valence-corrected chi connectivity index (χ0v) is 10.4. The summed E-state index contributed by atoms with van der Waals surface area (Å²) < 4.78 is 18.0. The van der Waals surface area contributed by atoms with E-state index in [-0.39, 0.29) is 11.4 Å². The summed E-state index contributed by atoms with van der Waals surface area (Å²) in [6.07, 6.45) is 0. The Hall–Kier alpha value is -2.68. The average Bonchev–Trinajstić information content (AvgIpc) is 2.43. The summed E-state index contributed by atoms with van der Waals surface area (Å²) in [4.78, 5) is 32.7. The Balaban J connectivity index is 2.99. The van der Waals surface area contributed by atoms with Crippen molar-refractivity contribution in [2.24, 2.45) is 5.84 Å². The fourth-order valence-electron chi connectivity index (χ4n) is 1.24. The van der Waals surface area contributed by atoms with Gasteiger partial charge in [-0.25, -0.2) is 24.8 Å². The highest BCUT2D eigenvalue weighted by molar-refractivity contribution is 6.33. The molecule has 0 unspecified atom stereocenters. The van der Waals surface area contributed by atoms with Crippen LogP contribution >= 0.6 is 0 Å². The number of nitrogens with zero attached hydrogens (tertiary/aromatic N) is 1. The first-order valence-corrected chi connectivity index (χ1v) is 5.31. The lowest BCUT2D eigenvalue weighted by Gasteiger charge is -2.19. The number of halogens is 1. The SMILES string of the molecule is CNC(=O)N(N)c1ccc(F)cc1OCC(=O)C(=O)O. The number of amides is 2. The molecule has 2 amide bonds. The molecule has 0 atom stereocenters. The lowest BCUT2D eigenvalue weighted by atomic mass is 10.2. The summed E-state index contributed by atoms with van der Waals surface area (Å²) in [5, 5.41) is 11.3. The van der Waals surface area contributed by atoms with Crippen molar-refractivity contribution in [3.05, 3.63) is 24.0 Å². The van der Waals surface area contributed by atoms with Crippen molar-refractivity contribution in [3.63, 3.8) is 0 Å². The Morgan fingerprint density at radius 3 is 2.65 bits per heavy atom. The minimum absolute atomic E-state index is 0.0241. The van der Waals surface area contributed by atoms with Crippen molar-refractivity contribution < 1.29 is 28.6 Å². The molecule has 9 heteroatoms. The molecule has 0 spiro atoms. The molecule has 0 radical (unpaired) electrons. The van der Waals surface area contributed by atoms with Crippen molar-refractivity contribution >= 4 is 23.5 Å². The highest BCUT2D eigenvalue weighted by Crippen LogP contribution is 2.27. The van der Waals surface area contributed by atoms with Crippen LogP contribution in [-0.4, -0.2) is 36.5 Å². The van der Waals surface area contributed by atoms with Crippen LogP contribution in [0.3, 0.4) is 0 Å². The number of hydrazine groups is 1. The van der Waals surface area contributed by atoms with E-state index in [9.17, 15) is 18.8 Å². The second kappa shape index (κ2) is 6.48. The third kappa shape index (κ3) is 3.65. The van der Waals surface area contributed by atoms with E-state index < -0.39 is 30.2 Å². The highest BCUT2D eigenvalue weighted by atomic mass is 19.1. The van der Waals surface area contributed by atoms with Crippen LogP contribution < -0.4 is 20.9 Å². The standard InChI is InChI=1S/C11H12FN3O5/c1-14-11(19)15(13)7-3-2-6(12)4-9(7)20-5-8(16)10(17)18/h2-4H,5,13H2,1H3,(H,14,19)(H,17,18). The van der Waals surface area contributed by atoms with Gasteiger partial charge in [-0.3, -0.25) is 4.79 Å². The van der Waals surface area contributed by atoms with Gasteiger partial charge in [-0.1, -0.05) is 0 Å². The number of carbonyl (C=O) groups excluding carboxylic acids is 2. The van der Waals surface area contributed by atoms with Crippen molar-refractivity contribution in [3.8, 4) is 5.75 Å². The molecular formula is C11H12FN3O5. The van der Waals surface area contributed by atoms with Crippen LogP contribution in [0.4, 0.5) is 14.9 Å². The monoisotopic (exact) mass is 285 g/mol. The number of hydrogen-bond acceptors (Lipinski definition) is 5. The van der Waals surface area contributed by atoms with Crippen molar-refractivity contribution in [1.82, 2.24) is 5.32 Å². The lowest BCUT2D eigenvalue weighted by molar-refractivity contribution is -0.150. The van der Waals surface area contributed by atoms with Gasteiger partial charge in [-0.05, 0) is 12.1 Å². The molecule has 0 saturated heterocycles. The number of rotatable bonds is 5. The minimum Gasteiger partial charge on any atom is -0.483 e. The van der Waals surface area contributed by atoms with E-state index in [1.165, 1.54) is 7.05 Å². The largest absolute Gasteiger partial charge is 0.483 e. The van der Waals surface area contributed by atoms with Crippen LogP contribution in [0.25, 0.3) is 0 Å². The van der Waals surface area contributed by atoms with Crippen molar-refractivity contribution in [2.45, 2.75) is 0 Å². The van der Waals surface area contributed by atoms with Gasteiger partial charge in [0.2, 0.25) is 0 Å². The van der Waals surface area contributed by atoms with E-state index in [1.54, 1.807) is 0 Å². The maximum absolute atomic E-state index is 13.1. The Labute approximate surface area is 112 Å². The molecule has 0 aromatic heterocycles. The fourth-order valence-corrected chi connectivity index (χ4v) is 1.24. The number of urea groups is 1. The number of carboxylic acid groups (broad SMARTS) is 1. The Morgan fingerprint density at radius 1 is 1.45 bits per heavy atom. The number of nitrogens with one attached hydrogen (secondary N) is 1.